The summed E-state index contributed by atoms with van der Waals surface area (Å²) >= 11 is 0. The summed E-state index contributed by atoms with van der Waals surface area (Å²) in [4.78, 5) is 0. The van der Waals surface area contributed by atoms with E-state index in [1.165, 1.54) is 0 Å². The fourth-order valence-corrected chi connectivity index (χ4v) is 0. The molecule has 0 aliphatic rings. The van der Waals surface area contributed by atoms with Gasteiger partial charge >= 0.3 is 19.5 Å². The van der Waals surface area contributed by atoms with E-state index >= 15 is 0 Å². The van der Waals surface area contributed by atoms with Gasteiger partial charge in [0.25, 0.3) is 0 Å². The van der Waals surface area contributed by atoms with Gasteiger partial charge in [0.15, 0.2) is 0 Å². The van der Waals surface area contributed by atoms with Gasteiger partial charge in [-0.1, -0.05) is 0 Å². The van der Waals surface area contributed by atoms with E-state index in [1.54, 1.807) is 0 Å². The van der Waals surface area contributed by atoms with Crippen molar-refractivity contribution in [1.29, 1.82) is 0 Å². The van der Waals surface area contributed by atoms with Crippen molar-refractivity contribution >= 4 is 0 Å². The molecule has 10 N–H and O–H groups in total. The van der Waals surface area contributed by atoms with Crippen molar-refractivity contribution in [2.45, 2.75) is 0 Å². The van der Waals surface area contributed by atoms with Crippen LogP contribution in [-0.2, 0) is 19.5 Å². The fraction of sp³-hybridized carbons (Fsp3) is 0. The minimum Gasteiger partial charge on any atom is -1.00 e. The Morgan fingerprint density at radius 1 is 0.556 bits per heavy atom. The van der Waals surface area contributed by atoms with Gasteiger partial charge in [-0.05, 0) is 0 Å². The molecule has 0 atom stereocenters. The van der Waals surface area contributed by atoms with Crippen molar-refractivity contribution in [2.24, 2.45) is 11.7 Å². The first-order valence-electron chi connectivity index (χ1n) is 0.816. The van der Waals surface area contributed by atoms with E-state index in [-0.39, 0.29) is 69.1 Å². The van der Waals surface area contributed by atoms with Crippen LogP contribution in [-0.4, -0.2) is 0 Å². The molecule has 0 fully saturated rings. The van der Waals surface area contributed by atoms with Gasteiger partial charge in [-0.3, -0.25) is 11.7 Å². The Bertz CT molecular complexity index is 12.5. The van der Waals surface area contributed by atoms with Crippen LogP contribution in [0, 0.1) is 0 Å². The van der Waals surface area contributed by atoms with Crippen molar-refractivity contribution in [3.63, 3.8) is 0 Å². The zero-order chi connectivity index (χ0) is 4.00. The largest absolute Gasteiger partial charge is 2.00 e. The Balaban J connectivity index is -0.00000000114. The first kappa shape index (κ1) is 74.9. The SMILES string of the molecule is N[NH3+].N[NH3+].[Cl-].[Cl-].[Cl-].[Cl-].[Zn+2]. The second-order valence-corrected chi connectivity index (χ2v) is 0. The summed E-state index contributed by atoms with van der Waals surface area (Å²) in [5, 5.41) is 0. The number of halogens is 4. The molecule has 0 radical (unpaired) electrons. The topological polar surface area (TPSA) is 107 Å². The van der Waals surface area contributed by atoms with Crippen molar-refractivity contribution in [3.05, 3.63) is 0 Å². The molecule has 0 aromatic carbocycles. The van der Waals surface area contributed by atoms with Gasteiger partial charge in [-0.15, -0.1) is 0 Å². The number of hydrogen-bond donors (Lipinski definition) is 4. The maximum absolute atomic E-state index is 4.25. The Hall–Kier alpha value is 1.62. The molecular formula is H10Cl4N4Zn. The van der Waals surface area contributed by atoms with Gasteiger partial charge in [0.2, 0.25) is 0 Å². The molecule has 0 unspecified atom stereocenters. The normalized spacial score (nSPS) is 1.33. The fourth-order valence-electron chi connectivity index (χ4n) is 0. The number of rotatable bonds is 0. The molecule has 0 spiro atoms. The second-order valence-electron chi connectivity index (χ2n) is 0. The van der Waals surface area contributed by atoms with Crippen LogP contribution in [0.5, 0.6) is 0 Å². The summed E-state index contributed by atoms with van der Waals surface area (Å²) in [6, 6.07) is 0. The first-order chi connectivity index (χ1) is 2.00. The van der Waals surface area contributed by atoms with Crippen LogP contribution in [0.1, 0.15) is 0 Å². The molecule has 0 aromatic heterocycles. The maximum atomic E-state index is 4.25. The van der Waals surface area contributed by atoms with Crippen LogP contribution in [0.25, 0.3) is 0 Å². The van der Waals surface area contributed by atoms with Crippen LogP contribution in [0.3, 0.4) is 0 Å². The van der Waals surface area contributed by atoms with Crippen molar-refractivity contribution in [1.82, 2.24) is 0 Å². The molecule has 0 saturated heterocycles. The number of nitrogens with two attached hydrogens (primary N) is 2. The molecule has 0 aromatic rings. The average molecular weight is 273 g/mol. The Morgan fingerprint density at radius 2 is 0.556 bits per heavy atom. The number of hydrogen-bond acceptors (Lipinski definition) is 2. The van der Waals surface area contributed by atoms with E-state index < -0.39 is 0 Å². The molecule has 0 aliphatic carbocycles. The summed E-state index contributed by atoms with van der Waals surface area (Å²) in [6.07, 6.45) is 0. The smallest absolute Gasteiger partial charge is 1.00 e. The summed E-state index contributed by atoms with van der Waals surface area (Å²) in [5.74, 6) is 14.0. The molecule has 0 bridgehead atoms. The Labute approximate surface area is 92.2 Å². The van der Waals surface area contributed by atoms with E-state index in [1.807, 2.05) is 0 Å². The Morgan fingerprint density at radius 3 is 0.556 bits per heavy atom. The maximum Gasteiger partial charge on any atom is 2.00 e. The molecule has 4 nitrogen and oxygen atoms in total. The van der Waals surface area contributed by atoms with E-state index in [9.17, 15) is 0 Å². The zero-order valence-corrected chi connectivity index (χ0v) is 10.8. The first-order valence-corrected chi connectivity index (χ1v) is 0.816. The quantitative estimate of drug-likeness (QED) is 0.200. The molecule has 0 amide bonds. The standard InChI is InChI=1S/4ClH.2H4N2.Zn/c;;;;2*1-2;/h4*1H;2*1-2H2;/q;;;;;;+2/p-2. The number of quaternary nitrogens is 2. The third-order valence-electron chi connectivity index (χ3n) is 0. The molecule has 0 saturated carbocycles. The van der Waals surface area contributed by atoms with Gasteiger partial charge in [-0.2, -0.15) is 11.7 Å². The average Bonchev–Trinajstić information content (AvgIpc) is 1.50. The van der Waals surface area contributed by atoms with Crippen LogP contribution >= 0.6 is 0 Å². The van der Waals surface area contributed by atoms with Gasteiger partial charge in [0.1, 0.15) is 0 Å². The summed E-state index contributed by atoms with van der Waals surface area (Å²) in [6.45, 7) is 0. The molecular weight excluding hydrogens is 263 g/mol. The van der Waals surface area contributed by atoms with Gasteiger partial charge in [0, 0.05) is 0 Å². The molecule has 9 heavy (non-hydrogen) atoms. The van der Waals surface area contributed by atoms with Gasteiger partial charge in [0.05, 0.1) is 0 Å². The minimum absolute atomic E-state index is 0. The Kier molecular flexibility index (Phi) is 2260. The molecule has 0 aliphatic heterocycles. The van der Waals surface area contributed by atoms with Crippen molar-refractivity contribution < 1.29 is 80.8 Å². The van der Waals surface area contributed by atoms with Crippen molar-refractivity contribution in [2.75, 3.05) is 0 Å². The molecule has 9 heteroatoms. The van der Waals surface area contributed by atoms with E-state index in [2.05, 4.69) is 23.4 Å². The van der Waals surface area contributed by atoms with E-state index in [4.69, 9.17) is 0 Å². The third-order valence-corrected chi connectivity index (χ3v) is 0. The van der Waals surface area contributed by atoms with E-state index in [0.29, 0.717) is 0 Å². The summed E-state index contributed by atoms with van der Waals surface area (Å²) in [5.41, 5.74) is 0. The third kappa shape index (κ3) is 212. The molecule has 60 valence electrons. The van der Waals surface area contributed by atoms with Crippen LogP contribution in [0.2, 0.25) is 0 Å². The summed E-state index contributed by atoms with van der Waals surface area (Å²) < 4.78 is 0. The van der Waals surface area contributed by atoms with Crippen molar-refractivity contribution in [3.8, 4) is 0 Å². The van der Waals surface area contributed by atoms with Gasteiger partial charge < -0.3 is 49.6 Å². The van der Waals surface area contributed by atoms with Crippen LogP contribution in [0.15, 0.2) is 0 Å². The van der Waals surface area contributed by atoms with Gasteiger partial charge in [-0.25, -0.2) is 0 Å². The summed E-state index contributed by atoms with van der Waals surface area (Å²) in [7, 11) is 0. The minimum atomic E-state index is 0. The predicted molar refractivity (Wildman–Crippen MR) is 14.2 cm³/mol. The molecule has 0 heterocycles. The zero-order valence-electron chi connectivity index (χ0n) is 4.79. The van der Waals surface area contributed by atoms with Crippen LogP contribution < -0.4 is 73.0 Å². The second kappa shape index (κ2) is 272. The van der Waals surface area contributed by atoms with Crippen LogP contribution in [0.4, 0.5) is 0 Å². The van der Waals surface area contributed by atoms with E-state index in [0.717, 1.165) is 0 Å². The molecule has 0 rings (SSSR count). The predicted octanol–water partition coefficient (Wildman–Crippen LogP) is -15.8. The monoisotopic (exact) mass is 270 g/mol.